The maximum atomic E-state index is 13.2. The maximum Gasteiger partial charge on any atom is 0.287 e. The molecule has 1 fully saturated rings. The standard InChI is InChI=1S/C21H25ClN2O2/c1-15-7-6-12-24(14-15)20(16-8-4-3-5-9-16)21(25)23-17-10-11-19(26-2)18(22)13-17/h3-5,8-11,13,15,20H,6-7,12,14H2,1-2H3,(H,23,25)/p+1/t15-,20-/m0/s1. The first kappa shape index (κ1) is 18.7. The number of rotatable bonds is 5. The number of carbonyl (C=O) groups excluding carboxylic acids is 1. The van der Waals surface area contributed by atoms with Gasteiger partial charge < -0.3 is 15.0 Å². The minimum Gasteiger partial charge on any atom is -0.495 e. The van der Waals surface area contributed by atoms with Crippen LogP contribution in [0, 0.1) is 5.92 Å². The molecule has 1 saturated heterocycles. The lowest BCUT2D eigenvalue weighted by molar-refractivity contribution is -0.929. The van der Waals surface area contributed by atoms with E-state index in [0.717, 1.165) is 25.1 Å². The molecule has 1 heterocycles. The highest BCUT2D eigenvalue weighted by Gasteiger charge is 2.34. The van der Waals surface area contributed by atoms with E-state index in [1.54, 1.807) is 19.2 Å². The molecule has 2 N–H and O–H groups in total. The minimum atomic E-state index is -0.222. The number of hydrogen-bond acceptors (Lipinski definition) is 2. The molecule has 3 atom stereocenters. The van der Waals surface area contributed by atoms with Crippen molar-refractivity contribution in [2.24, 2.45) is 5.92 Å². The van der Waals surface area contributed by atoms with Gasteiger partial charge in [-0.1, -0.05) is 48.9 Å². The van der Waals surface area contributed by atoms with Gasteiger partial charge in [0.15, 0.2) is 6.04 Å². The summed E-state index contributed by atoms with van der Waals surface area (Å²) in [5.74, 6) is 1.23. The number of halogens is 1. The smallest absolute Gasteiger partial charge is 0.287 e. The molecule has 5 heteroatoms. The Balaban J connectivity index is 1.84. The fourth-order valence-electron chi connectivity index (χ4n) is 3.77. The summed E-state index contributed by atoms with van der Waals surface area (Å²) in [6, 6.07) is 15.1. The number of amides is 1. The molecule has 2 aromatic rings. The van der Waals surface area contributed by atoms with E-state index in [1.165, 1.54) is 11.3 Å². The maximum absolute atomic E-state index is 13.2. The topological polar surface area (TPSA) is 42.8 Å². The average molecular weight is 374 g/mol. The summed E-state index contributed by atoms with van der Waals surface area (Å²) in [4.78, 5) is 14.5. The molecular formula is C21H26ClN2O2+. The van der Waals surface area contributed by atoms with Gasteiger partial charge in [-0.05, 0) is 31.0 Å². The number of anilines is 1. The summed E-state index contributed by atoms with van der Waals surface area (Å²) in [5, 5.41) is 3.53. The second-order valence-electron chi connectivity index (χ2n) is 7.04. The highest BCUT2D eigenvalue weighted by molar-refractivity contribution is 6.32. The first-order valence-corrected chi connectivity index (χ1v) is 9.50. The van der Waals surface area contributed by atoms with E-state index in [1.807, 2.05) is 36.4 Å². The summed E-state index contributed by atoms with van der Waals surface area (Å²) in [5.41, 5.74) is 1.74. The predicted octanol–water partition coefficient (Wildman–Crippen LogP) is 3.34. The monoisotopic (exact) mass is 373 g/mol. The van der Waals surface area contributed by atoms with E-state index in [9.17, 15) is 4.79 Å². The lowest BCUT2D eigenvalue weighted by atomic mass is 9.95. The van der Waals surface area contributed by atoms with E-state index in [-0.39, 0.29) is 11.9 Å². The van der Waals surface area contributed by atoms with E-state index >= 15 is 0 Å². The van der Waals surface area contributed by atoms with Crippen molar-refractivity contribution in [2.75, 3.05) is 25.5 Å². The second-order valence-corrected chi connectivity index (χ2v) is 7.45. The molecule has 2 aromatic carbocycles. The summed E-state index contributed by atoms with van der Waals surface area (Å²) >= 11 is 6.20. The molecule has 26 heavy (non-hydrogen) atoms. The van der Waals surface area contributed by atoms with Crippen molar-refractivity contribution in [3.8, 4) is 5.75 Å². The van der Waals surface area contributed by atoms with Crippen molar-refractivity contribution in [3.63, 3.8) is 0 Å². The van der Waals surface area contributed by atoms with Crippen LogP contribution >= 0.6 is 11.6 Å². The van der Waals surface area contributed by atoms with Gasteiger partial charge in [-0.15, -0.1) is 0 Å². The molecule has 0 radical (unpaired) electrons. The lowest BCUT2D eigenvalue weighted by Crippen LogP contribution is -3.14. The molecule has 3 rings (SSSR count). The van der Waals surface area contributed by atoms with Gasteiger partial charge in [0.2, 0.25) is 0 Å². The van der Waals surface area contributed by atoms with Crippen LogP contribution in [0.3, 0.4) is 0 Å². The van der Waals surface area contributed by atoms with Crippen molar-refractivity contribution in [1.29, 1.82) is 0 Å². The van der Waals surface area contributed by atoms with E-state index < -0.39 is 0 Å². The number of benzene rings is 2. The zero-order valence-corrected chi connectivity index (χ0v) is 16.1. The average Bonchev–Trinajstić information content (AvgIpc) is 2.63. The van der Waals surface area contributed by atoms with Gasteiger partial charge in [0.25, 0.3) is 5.91 Å². The van der Waals surface area contributed by atoms with Crippen LogP contribution < -0.4 is 15.0 Å². The molecule has 0 spiro atoms. The first-order chi connectivity index (χ1) is 12.6. The van der Waals surface area contributed by atoms with Crippen LogP contribution in [0.5, 0.6) is 5.75 Å². The third-order valence-electron chi connectivity index (χ3n) is 5.03. The SMILES string of the molecule is COc1ccc(NC(=O)[C@H](c2ccccc2)[NH+]2CCC[C@H](C)C2)cc1Cl. The highest BCUT2D eigenvalue weighted by atomic mass is 35.5. The van der Waals surface area contributed by atoms with Gasteiger partial charge >= 0.3 is 0 Å². The summed E-state index contributed by atoms with van der Waals surface area (Å²) in [7, 11) is 1.58. The Morgan fingerprint density at radius 1 is 1.27 bits per heavy atom. The van der Waals surface area contributed by atoms with Gasteiger partial charge in [0.1, 0.15) is 5.75 Å². The Hall–Kier alpha value is -2.04. The number of hydrogen-bond donors (Lipinski definition) is 2. The third kappa shape index (κ3) is 4.37. The quantitative estimate of drug-likeness (QED) is 0.844. The second kappa shape index (κ2) is 8.56. The minimum absolute atomic E-state index is 0.00142. The third-order valence-corrected chi connectivity index (χ3v) is 5.32. The lowest BCUT2D eigenvalue weighted by Gasteiger charge is -2.33. The molecule has 0 bridgehead atoms. The first-order valence-electron chi connectivity index (χ1n) is 9.12. The van der Waals surface area contributed by atoms with Crippen molar-refractivity contribution in [1.82, 2.24) is 0 Å². The number of quaternary nitrogens is 1. The molecule has 0 aliphatic carbocycles. The Kier molecular flexibility index (Phi) is 6.17. The normalized spacial score (nSPS) is 21.0. The molecule has 1 amide bonds. The number of nitrogens with one attached hydrogen (secondary N) is 2. The van der Waals surface area contributed by atoms with Gasteiger partial charge in [0, 0.05) is 17.2 Å². The predicted molar refractivity (Wildman–Crippen MR) is 105 cm³/mol. The van der Waals surface area contributed by atoms with Gasteiger partial charge in [-0.3, -0.25) is 4.79 Å². The van der Waals surface area contributed by atoms with Crippen LogP contribution in [0.2, 0.25) is 5.02 Å². The van der Waals surface area contributed by atoms with Crippen LogP contribution in [0.15, 0.2) is 48.5 Å². The molecule has 1 aliphatic rings. The Bertz CT molecular complexity index is 751. The molecular weight excluding hydrogens is 348 g/mol. The molecule has 4 nitrogen and oxygen atoms in total. The fraction of sp³-hybridized carbons (Fsp3) is 0.381. The van der Waals surface area contributed by atoms with E-state index in [0.29, 0.717) is 22.4 Å². The van der Waals surface area contributed by atoms with Crippen LogP contribution in [-0.4, -0.2) is 26.1 Å². The summed E-state index contributed by atoms with van der Waals surface area (Å²) < 4.78 is 5.18. The van der Waals surface area contributed by atoms with Gasteiger partial charge in [-0.2, -0.15) is 0 Å². The highest BCUT2D eigenvalue weighted by Crippen LogP contribution is 2.27. The number of carbonyl (C=O) groups is 1. The number of methoxy groups -OCH3 is 1. The van der Waals surface area contributed by atoms with Crippen molar-refractivity contribution >= 4 is 23.2 Å². The molecule has 0 aromatic heterocycles. The summed E-state index contributed by atoms with van der Waals surface area (Å²) in [6.45, 7) is 4.29. The van der Waals surface area contributed by atoms with Crippen molar-refractivity contribution in [2.45, 2.75) is 25.8 Å². The summed E-state index contributed by atoms with van der Waals surface area (Å²) in [6.07, 6.45) is 2.39. The van der Waals surface area contributed by atoms with Crippen LogP contribution in [0.1, 0.15) is 31.4 Å². The van der Waals surface area contributed by atoms with Crippen LogP contribution in [-0.2, 0) is 4.79 Å². The number of likely N-dealkylation sites (tertiary alicyclic amines) is 1. The van der Waals surface area contributed by atoms with Crippen molar-refractivity contribution in [3.05, 3.63) is 59.1 Å². The number of piperidine rings is 1. The van der Waals surface area contributed by atoms with Crippen LogP contribution in [0.4, 0.5) is 5.69 Å². The van der Waals surface area contributed by atoms with E-state index in [4.69, 9.17) is 16.3 Å². The fourth-order valence-corrected chi connectivity index (χ4v) is 4.03. The van der Waals surface area contributed by atoms with Gasteiger partial charge in [-0.25, -0.2) is 0 Å². The Labute approximate surface area is 160 Å². The zero-order chi connectivity index (χ0) is 18.5. The molecule has 0 saturated carbocycles. The molecule has 1 aliphatic heterocycles. The molecule has 138 valence electrons. The number of ether oxygens (including phenoxy) is 1. The van der Waals surface area contributed by atoms with Crippen LogP contribution in [0.25, 0.3) is 0 Å². The zero-order valence-electron chi connectivity index (χ0n) is 15.3. The Morgan fingerprint density at radius 2 is 2.04 bits per heavy atom. The van der Waals surface area contributed by atoms with Gasteiger partial charge in [0.05, 0.1) is 25.2 Å². The largest absolute Gasteiger partial charge is 0.495 e. The van der Waals surface area contributed by atoms with E-state index in [2.05, 4.69) is 12.2 Å². The molecule has 1 unspecified atom stereocenters. The van der Waals surface area contributed by atoms with Crippen molar-refractivity contribution < 1.29 is 14.4 Å². The Morgan fingerprint density at radius 3 is 2.69 bits per heavy atom.